The molecule has 2 rings (SSSR count). The SMILES string of the molecule is CCNC(=NCc1cccc(C(=O)NCCN(C)C)c1)NCCc1ccccn1.I. The monoisotopic (exact) mass is 524 g/mol. The van der Waals surface area contributed by atoms with Crippen LogP contribution in [0.25, 0.3) is 0 Å². The lowest BCUT2D eigenvalue weighted by Crippen LogP contribution is -2.38. The van der Waals surface area contributed by atoms with Crippen molar-refractivity contribution >= 4 is 35.8 Å². The second-order valence-corrected chi connectivity index (χ2v) is 6.95. The minimum atomic E-state index is -0.0573. The maximum Gasteiger partial charge on any atom is 0.251 e. The Labute approximate surface area is 196 Å². The van der Waals surface area contributed by atoms with Crippen molar-refractivity contribution in [1.29, 1.82) is 0 Å². The van der Waals surface area contributed by atoms with Gasteiger partial charge in [-0.3, -0.25) is 9.78 Å². The molecule has 0 spiro atoms. The lowest BCUT2D eigenvalue weighted by atomic mass is 10.1. The average Bonchev–Trinajstić information content (AvgIpc) is 2.72. The zero-order chi connectivity index (χ0) is 20.9. The first kappa shape index (κ1) is 25.8. The number of aliphatic imine (C=N–C) groups is 1. The molecule has 1 aromatic heterocycles. The highest BCUT2D eigenvalue weighted by atomic mass is 127. The number of halogens is 1. The number of hydrogen-bond acceptors (Lipinski definition) is 4. The van der Waals surface area contributed by atoms with Gasteiger partial charge in [0, 0.05) is 50.1 Å². The zero-order valence-electron chi connectivity index (χ0n) is 18.0. The molecule has 2 aromatic rings. The summed E-state index contributed by atoms with van der Waals surface area (Å²) >= 11 is 0. The van der Waals surface area contributed by atoms with Crippen molar-refractivity contribution in [3.8, 4) is 0 Å². The number of nitrogens with one attached hydrogen (secondary N) is 3. The van der Waals surface area contributed by atoms with Crippen LogP contribution in [0.1, 0.15) is 28.5 Å². The summed E-state index contributed by atoms with van der Waals surface area (Å²) in [6.07, 6.45) is 2.63. The average molecular weight is 524 g/mol. The normalized spacial score (nSPS) is 11.0. The lowest BCUT2D eigenvalue weighted by Gasteiger charge is -2.12. The highest BCUT2D eigenvalue weighted by Gasteiger charge is 2.06. The topological polar surface area (TPSA) is 81.7 Å². The number of amides is 1. The molecule has 0 aliphatic heterocycles. The molecule has 8 heteroatoms. The maximum atomic E-state index is 12.3. The van der Waals surface area contributed by atoms with E-state index in [1.807, 2.05) is 68.4 Å². The lowest BCUT2D eigenvalue weighted by molar-refractivity contribution is 0.0951. The highest BCUT2D eigenvalue weighted by molar-refractivity contribution is 14.0. The molecule has 3 N–H and O–H groups in total. The summed E-state index contributed by atoms with van der Waals surface area (Å²) < 4.78 is 0. The number of benzene rings is 1. The van der Waals surface area contributed by atoms with E-state index in [2.05, 4.69) is 25.9 Å². The van der Waals surface area contributed by atoms with E-state index in [-0.39, 0.29) is 29.9 Å². The van der Waals surface area contributed by atoms with Crippen LogP contribution >= 0.6 is 24.0 Å². The van der Waals surface area contributed by atoms with Gasteiger partial charge in [0.05, 0.1) is 6.54 Å². The minimum Gasteiger partial charge on any atom is -0.357 e. The van der Waals surface area contributed by atoms with Crippen LogP contribution in [0.3, 0.4) is 0 Å². The molecule has 0 unspecified atom stereocenters. The Balaban J connectivity index is 0.00000450. The molecule has 0 radical (unpaired) electrons. The molecule has 7 nitrogen and oxygen atoms in total. The van der Waals surface area contributed by atoms with Gasteiger partial charge >= 0.3 is 0 Å². The van der Waals surface area contributed by atoms with Gasteiger partial charge in [0.25, 0.3) is 5.91 Å². The Morgan fingerprint density at radius 2 is 1.90 bits per heavy atom. The second kappa shape index (κ2) is 14.7. The van der Waals surface area contributed by atoms with Crippen molar-refractivity contribution < 1.29 is 4.79 Å². The summed E-state index contributed by atoms with van der Waals surface area (Å²) in [6, 6.07) is 13.5. The summed E-state index contributed by atoms with van der Waals surface area (Å²) in [6.45, 7) is 5.50. The first-order valence-electron chi connectivity index (χ1n) is 10.0. The molecule has 1 heterocycles. The standard InChI is InChI=1S/C22H32N6O.HI/c1-4-23-22(26-13-11-20-10-5-6-12-24-20)27-17-18-8-7-9-19(16-18)21(29)25-14-15-28(2)3;/h5-10,12,16H,4,11,13-15,17H2,1-3H3,(H,25,29)(H2,23,26,27);1H. The van der Waals surface area contributed by atoms with E-state index in [0.29, 0.717) is 18.7 Å². The largest absolute Gasteiger partial charge is 0.357 e. The van der Waals surface area contributed by atoms with E-state index >= 15 is 0 Å². The Morgan fingerprint density at radius 3 is 2.60 bits per heavy atom. The molecule has 0 aliphatic carbocycles. The number of aromatic nitrogens is 1. The van der Waals surface area contributed by atoms with Crippen molar-refractivity contribution in [3.63, 3.8) is 0 Å². The molecule has 30 heavy (non-hydrogen) atoms. The number of nitrogens with zero attached hydrogens (tertiary/aromatic N) is 3. The van der Waals surface area contributed by atoms with Gasteiger partial charge in [-0.05, 0) is 50.8 Å². The molecule has 1 aromatic carbocycles. The molecule has 0 atom stereocenters. The molecular formula is C22H33IN6O. The van der Waals surface area contributed by atoms with Crippen LogP contribution in [0.5, 0.6) is 0 Å². The predicted octanol–water partition coefficient (Wildman–Crippen LogP) is 2.29. The van der Waals surface area contributed by atoms with E-state index in [0.717, 1.165) is 43.3 Å². The third kappa shape index (κ3) is 10.0. The summed E-state index contributed by atoms with van der Waals surface area (Å²) in [5.74, 6) is 0.697. The van der Waals surface area contributed by atoms with Crippen molar-refractivity contribution in [3.05, 3.63) is 65.5 Å². The first-order chi connectivity index (χ1) is 14.1. The van der Waals surface area contributed by atoms with Crippen LogP contribution in [0.2, 0.25) is 0 Å². The molecule has 164 valence electrons. The molecule has 0 aliphatic rings. The number of hydrogen-bond donors (Lipinski definition) is 3. The molecule has 0 bridgehead atoms. The van der Waals surface area contributed by atoms with Gasteiger partial charge in [0.15, 0.2) is 5.96 Å². The molecule has 0 saturated heterocycles. The van der Waals surface area contributed by atoms with Gasteiger partial charge in [-0.15, -0.1) is 24.0 Å². The zero-order valence-corrected chi connectivity index (χ0v) is 20.3. The van der Waals surface area contributed by atoms with E-state index in [1.54, 1.807) is 6.20 Å². The Morgan fingerprint density at radius 1 is 1.07 bits per heavy atom. The summed E-state index contributed by atoms with van der Waals surface area (Å²) in [7, 11) is 3.97. The maximum absolute atomic E-state index is 12.3. The predicted molar refractivity (Wildman–Crippen MR) is 134 cm³/mol. The minimum absolute atomic E-state index is 0. The van der Waals surface area contributed by atoms with Crippen molar-refractivity contribution in [2.45, 2.75) is 19.9 Å². The van der Waals surface area contributed by atoms with Gasteiger partial charge in [0.2, 0.25) is 0 Å². The van der Waals surface area contributed by atoms with Gasteiger partial charge in [0.1, 0.15) is 0 Å². The molecular weight excluding hydrogens is 491 g/mol. The van der Waals surface area contributed by atoms with Crippen LogP contribution in [0, 0.1) is 0 Å². The highest BCUT2D eigenvalue weighted by Crippen LogP contribution is 2.07. The fourth-order valence-corrected chi connectivity index (χ4v) is 2.67. The number of guanidine groups is 1. The van der Waals surface area contributed by atoms with E-state index < -0.39 is 0 Å². The Hall–Kier alpha value is -2.20. The van der Waals surface area contributed by atoms with Gasteiger partial charge < -0.3 is 20.9 Å². The Kier molecular flexibility index (Phi) is 12.7. The van der Waals surface area contributed by atoms with Crippen LogP contribution < -0.4 is 16.0 Å². The quantitative estimate of drug-likeness (QED) is 0.253. The summed E-state index contributed by atoms with van der Waals surface area (Å²) in [5, 5.41) is 9.52. The molecule has 1 amide bonds. The van der Waals surface area contributed by atoms with Crippen LogP contribution in [-0.4, -0.2) is 62.0 Å². The number of carbonyl (C=O) groups is 1. The second-order valence-electron chi connectivity index (χ2n) is 6.95. The first-order valence-corrected chi connectivity index (χ1v) is 10.0. The van der Waals surface area contributed by atoms with Crippen LogP contribution in [-0.2, 0) is 13.0 Å². The van der Waals surface area contributed by atoms with Crippen molar-refractivity contribution in [2.24, 2.45) is 4.99 Å². The fraction of sp³-hybridized carbons (Fsp3) is 0.409. The number of rotatable bonds is 10. The number of pyridine rings is 1. The third-order valence-corrected chi connectivity index (χ3v) is 4.20. The van der Waals surface area contributed by atoms with E-state index in [1.165, 1.54) is 0 Å². The van der Waals surface area contributed by atoms with E-state index in [4.69, 9.17) is 0 Å². The smallest absolute Gasteiger partial charge is 0.251 e. The number of carbonyl (C=O) groups excluding carboxylic acids is 1. The van der Waals surface area contributed by atoms with Crippen molar-refractivity contribution in [2.75, 3.05) is 40.3 Å². The third-order valence-electron chi connectivity index (χ3n) is 4.20. The van der Waals surface area contributed by atoms with Gasteiger partial charge in [-0.2, -0.15) is 0 Å². The number of likely N-dealkylation sites (N-methyl/N-ethyl adjacent to an activating group) is 1. The van der Waals surface area contributed by atoms with Gasteiger partial charge in [-0.1, -0.05) is 18.2 Å². The molecule has 0 saturated carbocycles. The van der Waals surface area contributed by atoms with E-state index in [9.17, 15) is 4.79 Å². The van der Waals surface area contributed by atoms with Crippen LogP contribution in [0.4, 0.5) is 0 Å². The molecule has 0 fully saturated rings. The van der Waals surface area contributed by atoms with Crippen molar-refractivity contribution in [1.82, 2.24) is 25.8 Å². The fourth-order valence-electron chi connectivity index (χ4n) is 2.67. The Bertz CT molecular complexity index is 782. The summed E-state index contributed by atoms with van der Waals surface area (Å²) in [5.41, 5.74) is 2.69. The van der Waals surface area contributed by atoms with Gasteiger partial charge in [-0.25, -0.2) is 4.99 Å². The van der Waals surface area contributed by atoms with Crippen LogP contribution in [0.15, 0.2) is 53.7 Å². The summed E-state index contributed by atoms with van der Waals surface area (Å²) in [4.78, 5) is 23.3.